The zero-order valence-electron chi connectivity index (χ0n) is 16.4. The van der Waals surface area contributed by atoms with Crippen LogP contribution in [0.2, 0.25) is 0 Å². The van der Waals surface area contributed by atoms with E-state index in [4.69, 9.17) is 15.2 Å². The standard InChI is InChI=1S/C20H24N6O2.HI/c1-27-16-7-3-14(4-8-16)11-12-22-20(21)23-13-18-24-19(26-25-18)15-5-9-17(28-2)10-6-15;/h3-10H,11-13H2,1-2H3,(H3,21,22,23)(H,24,25,26);1H. The SMILES string of the molecule is COc1ccc(CCNC(N)=NCc2nc(-c3ccc(OC)cc3)n[nH]2)cc1.I. The van der Waals surface area contributed by atoms with Gasteiger partial charge in [0.1, 0.15) is 23.9 Å². The van der Waals surface area contributed by atoms with Crippen LogP contribution in [-0.4, -0.2) is 41.9 Å². The minimum atomic E-state index is 0. The summed E-state index contributed by atoms with van der Waals surface area (Å²) in [4.78, 5) is 8.74. The van der Waals surface area contributed by atoms with Crippen LogP contribution in [0.3, 0.4) is 0 Å². The Labute approximate surface area is 187 Å². The zero-order chi connectivity index (χ0) is 19.8. The number of aromatic amines is 1. The van der Waals surface area contributed by atoms with Crippen LogP contribution in [0.1, 0.15) is 11.4 Å². The lowest BCUT2D eigenvalue weighted by Crippen LogP contribution is -2.33. The number of hydrogen-bond acceptors (Lipinski definition) is 5. The second kappa shape index (κ2) is 11.2. The van der Waals surface area contributed by atoms with Crippen molar-refractivity contribution in [3.63, 3.8) is 0 Å². The Morgan fingerprint density at radius 3 is 2.28 bits per heavy atom. The molecule has 4 N–H and O–H groups in total. The van der Waals surface area contributed by atoms with Gasteiger partial charge >= 0.3 is 0 Å². The van der Waals surface area contributed by atoms with Gasteiger partial charge in [-0.3, -0.25) is 5.10 Å². The van der Waals surface area contributed by atoms with Crippen molar-refractivity contribution in [2.24, 2.45) is 10.7 Å². The van der Waals surface area contributed by atoms with Gasteiger partial charge in [-0.15, -0.1) is 24.0 Å². The number of rotatable bonds is 8. The highest BCUT2D eigenvalue weighted by atomic mass is 127. The predicted octanol–water partition coefficient (Wildman–Crippen LogP) is 2.75. The molecule has 0 spiro atoms. The van der Waals surface area contributed by atoms with Gasteiger partial charge in [0, 0.05) is 12.1 Å². The molecule has 8 nitrogen and oxygen atoms in total. The molecule has 0 atom stereocenters. The molecule has 0 saturated heterocycles. The van der Waals surface area contributed by atoms with Crippen molar-refractivity contribution in [1.29, 1.82) is 0 Å². The predicted molar refractivity (Wildman–Crippen MR) is 124 cm³/mol. The third kappa shape index (κ3) is 6.63. The van der Waals surface area contributed by atoms with Crippen molar-refractivity contribution in [3.8, 4) is 22.9 Å². The van der Waals surface area contributed by atoms with E-state index in [9.17, 15) is 0 Å². The van der Waals surface area contributed by atoms with Crippen LogP contribution in [0, 0.1) is 0 Å². The number of guanidine groups is 1. The Bertz CT molecular complexity index is 909. The minimum absolute atomic E-state index is 0. The van der Waals surface area contributed by atoms with Crippen LogP contribution in [0.4, 0.5) is 0 Å². The Balaban J connectivity index is 0.00000300. The van der Waals surface area contributed by atoms with E-state index in [1.807, 2.05) is 48.5 Å². The molecule has 0 fully saturated rings. The van der Waals surface area contributed by atoms with Crippen molar-refractivity contribution in [2.75, 3.05) is 20.8 Å². The number of benzene rings is 2. The fourth-order valence-corrected chi connectivity index (χ4v) is 2.58. The Kier molecular flexibility index (Phi) is 8.71. The van der Waals surface area contributed by atoms with Crippen LogP contribution in [0.15, 0.2) is 53.5 Å². The zero-order valence-corrected chi connectivity index (χ0v) is 18.7. The number of aromatic nitrogens is 3. The molecule has 3 rings (SSSR count). The highest BCUT2D eigenvalue weighted by Crippen LogP contribution is 2.19. The maximum atomic E-state index is 5.92. The second-order valence-corrected chi connectivity index (χ2v) is 6.06. The quantitative estimate of drug-likeness (QED) is 0.245. The normalized spacial score (nSPS) is 10.9. The van der Waals surface area contributed by atoms with E-state index >= 15 is 0 Å². The molecule has 0 unspecified atom stereocenters. The molecule has 3 aromatic rings. The summed E-state index contributed by atoms with van der Waals surface area (Å²) in [6, 6.07) is 15.5. The minimum Gasteiger partial charge on any atom is -0.497 e. The van der Waals surface area contributed by atoms with Gasteiger partial charge in [-0.05, 0) is 48.4 Å². The summed E-state index contributed by atoms with van der Waals surface area (Å²) >= 11 is 0. The number of hydrogen-bond donors (Lipinski definition) is 3. The number of methoxy groups -OCH3 is 2. The fraction of sp³-hybridized carbons (Fsp3) is 0.250. The smallest absolute Gasteiger partial charge is 0.189 e. The van der Waals surface area contributed by atoms with Crippen LogP contribution in [0.5, 0.6) is 11.5 Å². The molecule has 0 aliphatic rings. The molecule has 0 radical (unpaired) electrons. The van der Waals surface area contributed by atoms with Crippen LogP contribution in [0.25, 0.3) is 11.4 Å². The molecular formula is C20H25IN6O2. The molecular weight excluding hydrogens is 483 g/mol. The van der Waals surface area contributed by atoms with Gasteiger partial charge in [0.05, 0.1) is 14.2 Å². The lowest BCUT2D eigenvalue weighted by Gasteiger charge is -2.06. The van der Waals surface area contributed by atoms with Gasteiger partial charge < -0.3 is 20.5 Å². The van der Waals surface area contributed by atoms with E-state index < -0.39 is 0 Å². The van der Waals surface area contributed by atoms with Crippen LogP contribution in [-0.2, 0) is 13.0 Å². The number of halogens is 1. The maximum absolute atomic E-state index is 5.92. The monoisotopic (exact) mass is 508 g/mol. The number of aliphatic imine (C=N–C) groups is 1. The molecule has 9 heteroatoms. The second-order valence-electron chi connectivity index (χ2n) is 6.06. The van der Waals surface area contributed by atoms with E-state index in [-0.39, 0.29) is 24.0 Å². The van der Waals surface area contributed by atoms with Crippen molar-refractivity contribution in [2.45, 2.75) is 13.0 Å². The van der Waals surface area contributed by atoms with E-state index in [1.54, 1.807) is 14.2 Å². The first-order valence-corrected chi connectivity index (χ1v) is 8.90. The van der Waals surface area contributed by atoms with E-state index in [1.165, 1.54) is 5.56 Å². The summed E-state index contributed by atoms with van der Waals surface area (Å²) in [6.07, 6.45) is 0.837. The first-order chi connectivity index (χ1) is 13.7. The number of ether oxygens (including phenoxy) is 2. The van der Waals surface area contributed by atoms with Crippen molar-refractivity contribution < 1.29 is 9.47 Å². The largest absolute Gasteiger partial charge is 0.497 e. The lowest BCUT2D eigenvalue weighted by molar-refractivity contribution is 0.414. The molecule has 1 aromatic heterocycles. The Morgan fingerprint density at radius 1 is 1.03 bits per heavy atom. The summed E-state index contributed by atoms with van der Waals surface area (Å²) in [5.41, 5.74) is 8.02. The van der Waals surface area contributed by atoms with Gasteiger partial charge in [0.2, 0.25) is 0 Å². The topological polar surface area (TPSA) is 110 Å². The average Bonchev–Trinajstić information content (AvgIpc) is 3.22. The average molecular weight is 508 g/mol. The Hall–Kier alpha value is -2.82. The molecule has 1 heterocycles. The van der Waals surface area contributed by atoms with Crippen molar-refractivity contribution >= 4 is 29.9 Å². The number of nitrogens with zero attached hydrogens (tertiary/aromatic N) is 3. The fourth-order valence-electron chi connectivity index (χ4n) is 2.58. The molecule has 0 aliphatic carbocycles. The highest BCUT2D eigenvalue weighted by Gasteiger charge is 2.06. The molecule has 154 valence electrons. The molecule has 0 saturated carbocycles. The summed E-state index contributed by atoms with van der Waals surface area (Å²) in [6.45, 7) is 1.01. The summed E-state index contributed by atoms with van der Waals surface area (Å²) < 4.78 is 10.3. The van der Waals surface area contributed by atoms with Gasteiger partial charge in [-0.1, -0.05) is 12.1 Å². The third-order valence-electron chi connectivity index (χ3n) is 4.16. The van der Waals surface area contributed by atoms with Crippen molar-refractivity contribution in [1.82, 2.24) is 20.5 Å². The number of nitrogens with two attached hydrogens (primary N) is 1. The molecule has 0 amide bonds. The lowest BCUT2D eigenvalue weighted by atomic mass is 10.1. The molecule has 29 heavy (non-hydrogen) atoms. The van der Waals surface area contributed by atoms with E-state index in [0.29, 0.717) is 30.7 Å². The maximum Gasteiger partial charge on any atom is 0.189 e. The summed E-state index contributed by atoms with van der Waals surface area (Å²) in [5, 5.41) is 10.2. The molecule has 0 aliphatic heterocycles. The third-order valence-corrected chi connectivity index (χ3v) is 4.16. The van der Waals surface area contributed by atoms with Crippen LogP contribution < -0.4 is 20.5 Å². The summed E-state index contributed by atoms with van der Waals surface area (Å²) in [7, 11) is 3.29. The van der Waals surface area contributed by atoms with E-state index in [0.717, 1.165) is 23.5 Å². The van der Waals surface area contributed by atoms with Gasteiger partial charge in [-0.25, -0.2) is 9.98 Å². The summed E-state index contributed by atoms with van der Waals surface area (Å²) in [5.74, 6) is 3.26. The van der Waals surface area contributed by atoms with Crippen molar-refractivity contribution in [3.05, 3.63) is 59.9 Å². The van der Waals surface area contributed by atoms with E-state index in [2.05, 4.69) is 25.5 Å². The Morgan fingerprint density at radius 2 is 1.66 bits per heavy atom. The molecule has 2 aromatic carbocycles. The van der Waals surface area contributed by atoms with Gasteiger partial charge in [-0.2, -0.15) is 5.10 Å². The van der Waals surface area contributed by atoms with Gasteiger partial charge in [0.15, 0.2) is 11.8 Å². The molecule has 0 bridgehead atoms. The van der Waals surface area contributed by atoms with Gasteiger partial charge in [0.25, 0.3) is 0 Å². The first-order valence-electron chi connectivity index (χ1n) is 8.90. The number of nitrogens with one attached hydrogen (secondary N) is 2. The number of H-pyrrole nitrogens is 1. The first kappa shape index (κ1) is 22.5. The highest BCUT2D eigenvalue weighted by molar-refractivity contribution is 14.0. The van der Waals surface area contributed by atoms with Crippen LogP contribution >= 0.6 is 24.0 Å².